The molecule has 8 nitrogen and oxygen atoms in total. The molecule has 12 heteroatoms. The molecule has 3 aromatic carbocycles. The van der Waals surface area contributed by atoms with E-state index in [1.165, 1.54) is 16.4 Å². The average Bonchev–Trinajstić information content (AvgIpc) is 3.39. The predicted octanol–water partition coefficient (Wildman–Crippen LogP) is 6.19. The number of carbonyl (C=O) groups excluding carboxylic acids is 1. The molecule has 0 unspecified atom stereocenters. The number of carbonyl (C=O) groups is 1. The maximum Gasteiger partial charge on any atom is 0.251 e. The number of benzene rings is 3. The van der Waals surface area contributed by atoms with Gasteiger partial charge in [0.1, 0.15) is 0 Å². The normalized spacial score (nSPS) is 14.2. The maximum absolute atomic E-state index is 13.0. The molecule has 1 N–H and O–H groups in total. The Kier molecular flexibility index (Phi) is 9.41. The van der Waals surface area contributed by atoms with E-state index in [1.54, 1.807) is 23.9 Å². The Morgan fingerprint density at radius 1 is 0.850 bits per heavy atom. The van der Waals surface area contributed by atoms with Gasteiger partial charge in [0.15, 0.2) is 11.0 Å². The smallest absolute Gasteiger partial charge is 0.251 e. The molecule has 0 radical (unpaired) electrons. The van der Waals surface area contributed by atoms with Crippen molar-refractivity contribution in [3.05, 3.63) is 98.7 Å². The Bertz CT molecular complexity index is 1570. The van der Waals surface area contributed by atoms with E-state index < -0.39 is 10.0 Å². The molecule has 1 saturated heterocycles. The van der Waals surface area contributed by atoms with Crippen LogP contribution in [-0.4, -0.2) is 46.5 Å². The molecule has 0 atom stereocenters. The lowest BCUT2D eigenvalue weighted by molar-refractivity contribution is 0.0949. The minimum absolute atomic E-state index is 0.147. The van der Waals surface area contributed by atoms with Gasteiger partial charge in [-0.1, -0.05) is 62.2 Å². The van der Waals surface area contributed by atoms with Gasteiger partial charge in [-0.3, -0.25) is 9.36 Å². The molecule has 0 spiro atoms. The standard InChI is InChI=1S/C28H27Br2N5O3S2/c29-22-8-4-20(5-9-22)19-39-28-33-32-26(35(28)24-12-10-23(30)11-13-24)18-31-27(36)21-6-14-25(15-7-21)40(37,38)34-16-2-1-3-17-34/h4-15H,1-3,16-19H2,(H,31,36). The highest BCUT2D eigenvalue weighted by molar-refractivity contribution is 9.10. The van der Waals surface area contributed by atoms with Crippen LogP contribution in [0.2, 0.25) is 0 Å². The highest BCUT2D eigenvalue weighted by Crippen LogP contribution is 2.27. The molecule has 1 aliphatic rings. The maximum atomic E-state index is 13.0. The second-order valence-electron chi connectivity index (χ2n) is 9.30. The molecule has 1 amide bonds. The van der Waals surface area contributed by atoms with Crippen molar-refractivity contribution >= 4 is 59.6 Å². The van der Waals surface area contributed by atoms with E-state index in [0.29, 0.717) is 35.4 Å². The number of halogens is 2. The third-order valence-electron chi connectivity index (χ3n) is 6.54. The lowest BCUT2D eigenvalue weighted by Crippen LogP contribution is -2.35. The lowest BCUT2D eigenvalue weighted by atomic mass is 10.2. The summed E-state index contributed by atoms with van der Waals surface area (Å²) in [5.41, 5.74) is 2.40. The topological polar surface area (TPSA) is 97.2 Å². The van der Waals surface area contributed by atoms with Gasteiger partial charge in [0, 0.05) is 39.0 Å². The van der Waals surface area contributed by atoms with Crippen LogP contribution >= 0.6 is 43.6 Å². The van der Waals surface area contributed by atoms with Gasteiger partial charge in [-0.2, -0.15) is 4.31 Å². The fourth-order valence-corrected chi connectivity index (χ4v) is 7.35. The minimum atomic E-state index is -3.55. The first-order valence-electron chi connectivity index (χ1n) is 12.8. The van der Waals surface area contributed by atoms with E-state index in [1.807, 2.05) is 41.0 Å². The molecule has 4 aromatic rings. The Morgan fingerprint density at radius 2 is 1.48 bits per heavy atom. The Labute approximate surface area is 254 Å². The van der Waals surface area contributed by atoms with E-state index in [9.17, 15) is 13.2 Å². The molecule has 208 valence electrons. The van der Waals surface area contributed by atoms with Gasteiger partial charge in [-0.05, 0) is 79.1 Å². The second-order valence-corrected chi connectivity index (χ2v) is 14.0. The molecule has 0 saturated carbocycles. The van der Waals surface area contributed by atoms with Crippen molar-refractivity contribution in [3.63, 3.8) is 0 Å². The van der Waals surface area contributed by atoms with Crippen LogP contribution in [0.5, 0.6) is 0 Å². The first-order chi connectivity index (χ1) is 19.3. The van der Waals surface area contributed by atoms with Crippen LogP contribution in [0.1, 0.15) is 41.0 Å². The summed E-state index contributed by atoms with van der Waals surface area (Å²) in [6.45, 7) is 1.22. The summed E-state index contributed by atoms with van der Waals surface area (Å²) in [6, 6.07) is 22.0. The summed E-state index contributed by atoms with van der Waals surface area (Å²) in [5.74, 6) is 0.968. The fraction of sp³-hybridized carbons (Fsp3) is 0.250. The molecule has 1 aromatic heterocycles. The third kappa shape index (κ3) is 6.85. The van der Waals surface area contributed by atoms with E-state index in [4.69, 9.17) is 0 Å². The van der Waals surface area contributed by atoms with Gasteiger partial charge < -0.3 is 5.32 Å². The first-order valence-corrected chi connectivity index (χ1v) is 16.8. The number of sulfonamides is 1. The van der Waals surface area contributed by atoms with Gasteiger partial charge in [0.25, 0.3) is 5.91 Å². The summed E-state index contributed by atoms with van der Waals surface area (Å²) in [7, 11) is -3.55. The number of amides is 1. The summed E-state index contributed by atoms with van der Waals surface area (Å²) in [5, 5.41) is 12.4. The second kappa shape index (κ2) is 13.0. The highest BCUT2D eigenvalue weighted by atomic mass is 79.9. The number of piperidine rings is 1. The van der Waals surface area contributed by atoms with Crippen LogP contribution in [0.3, 0.4) is 0 Å². The van der Waals surface area contributed by atoms with Crippen LogP contribution in [0.4, 0.5) is 0 Å². The summed E-state index contributed by atoms with van der Waals surface area (Å²) in [4.78, 5) is 13.2. The van der Waals surface area contributed by atoms with Crippen molar-refractivity contribution in [2.24, 2.45) is 0 Å². The summed E-state index contributed by atoms with van der Waals surface area (Å²) < 4.78 is 31.3. The highest BCUT2D eigenvalue weighted by Gasteiger charge is 2.26. The summed E-state index contributed by atoms with van der Waals surface area (Å²) >= 11 is 8.51. The first kappa shape index (κ1) is 29.0. The van der Waals surface area contributed by atoms with Crippen LogP contribution in [0.25, 0.3) is 5.69 Å². The third-order valence-corrected chi connectivity index (χ3v) is 10.5. The van der Waals surface area contributed by atoms with E-state index in [2.05, 4.69) is 59.5 Å². The van der Waals surface area contributed by atoms with Crippen LogP contribution < -0.4 is 5.32 Å². The number of nitrogens with zero attached hydrogens (tertiary/aromatic N) is 4. The van der Waals surface area contributed by atoms with Crippen molar-refractivity contribution < 1.29 is 13.2 Å². The zero-order chi connectivity index (χ0) is 28.1. The molecular formula is C28H27Br2N5O3S2. The largest absolute Gasteiger partial charge is 0.345 e. The van der Waals surface area contributed by atoms with Crippen molar-refractivity contribution in [2.45, 2.75) is 41.6 Å². The van der Waals surface area contributed by atoms with Crippen LogP contribution in [-0.2, 0) is 22.3 Å². The number of hydrogen-bond acceptors (Lipinski definition) is 6. The Morgan fingerprint density at radius 3 is 2.12 bits per heavy atom. The van der Waals surface area contributed by atoms with Crippen molar-refractivity contribution in [2.75, 3.05) is 13.1 Å². The quantitative estimate of drug-likeness (QED) is 0.209. The average molecular weight is 705 g/mol. The van der Waals surface area contributed by atoms with Gasteiger partial charge >= 0.3 is 0 Å². The number of thioether (sulfide) groups is 1. The number of rotatable bonds is 9. The summed E-state index contributed by atoms with van der Waals surface area (Å²) in [6.07, 6.45) is 2.79. The van der Waals surface area contributed by atoms with Gasteiger partial charge in [0.05, 0.1) is 11.4 Å². The van der Waals surface area contributed by atoms with Crippen molar-refractivity contribution in [1.82, 2.24) is 24.4 Å². The Hall–Kier alpha value is -2.51. The molecular weight excluding hydrogens is 678 g/mol. The molecule has 1 fully saturated rings. The van der Waals surface area contributed by atoms with E-state index in [-0.39, 0.29) is 17.3 Å². The number of nitrogens with one attached hydrogen (secondary N) is 1. The predicted molar refractivity (Wildman–Crippen MR) is 163 cm³/mol. The van der Waals surface area contributed by atoms with Crippen molar-refractivity contribution in [1.29, 1.82) is 0 Å². The van der Waals surface area contributed by atoms with E-state index in [0.717, 1.165) is 39.5 Å². The number of hydrogen-bond donors (Lipinski definition) is 1. The molecule has 40 heavy (non-hydrogen) atoms. The molecule has 5 rings (SSSR count). The zero-order valence-corrected chi connectivity index (χ0v) is 26.3. The fourth-order valence-electron chi connectivity index (χ4n) is 4.38. The SMILES string of the molecule is O=C(NCc1nnc(SCc2ccc(Br)cc2)n1-c1ccc(Br)cc1)c1ccc(S(=O)(=O)N2CCCCC2)cc1. The number of aromatic nitrogens is 3. The molecule has 1 aliphatic heterocycles. The monoisotopic (exact) mass is 703 g/mol. The van der Waals surface area contributed by atoms with Gasteiger partial charge in [0.2, 0.25) is 10.0 Å². The lowest BCUT2D eigenvalue weighted by Gasteiger charge is -2.25. The minimum Gasteiger partial charge on any atom is -0.345 e. The zero-order valence-electron chi connectivity index (χ0n) is 21.5. The van der Waals surface area contributed by atoms with Crippen LogP contribution in [0.15, 0.2) is 91.8 Å². The van der Waals surface area contributed by atoms with Crippen molar-refractivity contribution in [3.8, 4) is 5.69 Å². The van der Waals surface area contributed by atoms with Gasteiger partial charge in [-0.15, -0.1) is 10.2 Å². The van der Waals surface area contributed by atoms with Gasteiger partial charge in [-0.25, -0.2) is 8.42 Å². The molecule has 0 bridgehead atoms. The molecule has 2 heterocycles. The van der Waals surface area contributed by atoms with Crippen LogP contribution in [0, 0.1) is 0 Å². The van der Waals surface area contributed by atoms with E-state index >= 15 is 0 Å². The molecule has 0 aliphatic carbocycles. The Balaban J connectivity index is 1.30.